The Morgan fingerprint density at radius 2 is 1.82 bits per heavy atom. The van der Waals surface area contributed by atoms with Crippen molar-refractivity contribution in [2.45, 2.75) is 39.8 Å². The summed E-state index contributed by atoms with van der Waals surface area (Å²) < 4.78 is 26.2. The maximum absolute atomic E-state index is 13.5. The highest BCUT2D eigenvalue weighted by Gasteiger charge is 2.32. The quantitative estimate of drug-likeness (QED) is 0.402. The van der Waals surface area contributed by atoms with Gasteiger partial charge in [0.25, 0.3) is 5.69 Å². The van der Waals surface area contributed by atoms with Crippen LogP contribution in [0.1, 0.15) is 30.0 Å². The van der Waals surface area contributed by atoms with Gasteiger partial charge in [0, 0.05) is 25.7 Å². The van der Waals surface area contributed by atoms with Crippen LogP contribution < -0.4 is 9.62 Å². The molecule has 0 aliphatic heterocycles. The molecular formula is C23H30N4O6S. The van der Waals surface area contributed by atoms with Gasteiger partial charge in [0.15, 0.2) is 0 Å². The number of carbonyl (C=O) groups is 2. The molecule has 11 heteroatoms. The summed E-state index contributed by atoms with van der Waals surface area (Å²) in [5.74, 6) is -0.978. The van der Waals surface area contributed by atoms with E-state index in [1.807, 2.05) is 31.2 Å². The molecule has 10 nitrogen and oxygen atoms in total. The molecule has 0 bridgehead atoms. The average Bonchev–Trinajstić information content (AvgIpc) is 2.76. The minimum absolute atomic E-state index is 0.0357. The van der Waals surface area contributed by atoms with Crippen LogP contribution >= 0.6 is 0 Å². The zero-order chi connectivity index (χ0) is 25.6. The Kier molecular flexibility index (Phi) is 8.74. The predicted molar refractivity (Wildman–Crippen MR) is 130 cm³/mol. The lowest BCUT2D eigenvalue weighted by molar-refractivity contribution is -0.384. The van der Waals surface area contributed by atoms with Gasteiger partial charge >= 0.3 is 0 Å². The van der Waals surface area contributed by atoms with Crippen LogP contribution in [0.3, 0.4) is 0 Å². The summed E-state index contributed by atoms with van der Waals surface area (Å²) in [5.41, 5.74) is 1.95. The lowest BCUT2D eigenvalue weighted by atomic mass is 10.1. The third-order valence-electron chi connectivity index (χ3n) is 5.42. The highest BCUT2D eigenvalue weighted by molar-refractivity contribution is 7.92. The Hall–Kier alpha value is -3.47. The van der Waals surface area contributed by atoms with E-state index in [4.69, 9.17) is 0 Å². The third-order valence-corrected chi connectivity index (χ3v) is 6.55. The largest absolute Gasteiger partial charge is 0.357 e. The van der Waals surface area contributed by atoms with E-state index in [0.717, 1.165) is 27.8 Å². The SMILES string of the molecule is CCC(C(=O)NC)N(Cc1cccc(C)c1)C(=O)CN(c1cc([N+](=O)[O-])ccc1C)S(C)(=O)=O. The molecule has 2 amide bonds. The molecule has 184 valence electrons. The minimum atomic E-state index is -3.99. The Bertz CT molecular complexity index is 1180. The van der Waals surface area contributed by atoms with Crippen molar-refractivity contribution < 1.29 is 22.9 Å². The molecule has 2 aromatic carbocycles. The van der Waals surface area contributed by atoms with Crippen LogP contribution in [0.2, 0.25) is 0 Å². The van der Waals surface area contributed by atoms with E-state index in [-0.39, 0.29) is 23.8 Å². The molecule has 0 heterocycles. The van der Waals surface area contributed by atoms with E-state index >= 15 is 0 Å². The second-order valence-corrected chi connectivity index (χ2v) is 9.95. The number of sulfonamides is 1. The van der Waals surface area contributed by atoms with E-state index in [9.17, 15) is 28.1 Å². The van der Waals surface area contributed by atoms with Crippen molar-refractivity contribution in [1.82, 2.24) is 10.2 Å². The second-order valence-electron chi connectivity index (χ2n) is 8.05. The first-order valence-electron chi connectivity index (χ1n) is 10.7. The Morgan fingerprint density at radius 3 is 2.35 bits per heavy atom. The summed E-state index contributed by atoms with van der Waals surface area (Å²) in [7, 11) is -2.52. The molecule has 2 rings (SSSR count). The summed E-state index contributed by atoms with van der Waals surface area (Å²) in [4.78, 5) is 38.0. The van der Waals surface area contributed by atoms with Crippen molar-refractivity contribution in [3.05, 3.63) is 69.3 Å². The lowest BCUT2D eigenvalue weighted by Gasteiger charge is -2.33. The van der Waals surface area contributed by atoms with Crippen LogP contribution in [-0.4, -0.2) is 55.9 Å². The highest BCUT2D eigenvalue weighted by atomic mass is 32.2. The summed E-state index contributed by atoms with van der Waals surface area (Å²) in [6.45, 7) is 4.75. The molecule has 0 fully saturated rings. The number of hydrogen-bond acceptors (Lipinski definition) is 6. The molecule has 0 aliphatic carbocycles. The van der Waals surface area contributed by atoms with Gasteiger partial charge in [0.05, 0.1) is 16.9 Å². The first-order valence-corrected chi connectivity index (χ1v) is 12.5. The van der Waals surface area contributed by atoms with Gasteiger partial charge in [-0.15, -0.1) is 0 Å². The first kappa shape index (κ1) is 26.8. The van der Waals surface area contributed by atoms with Gasteiger partial charge in [-0.05, 0) is 31.4 Å². The van der Waals surface area contributed by atoms with Crippen molar-refractivity contribution >= 4 is 33.2 Å². The number of non-ortho nitro benzene ring substituents is 1. The van der Waals surface area contributed by atoms with Gasteiger partial charge in [-0.1, -0.05) is 42.8 Å². The van der Waals surface area contributed by atoms with E-state index in [2.05, 4.69) is 5.32 Å². The zero-order valence-corrected chi connectivity index (χ0v) is 20.8. The molecule has 1 atom stereocenters. The van der Waals surface area contributed by atoms with Crippen molar-refractivity contribution in [3.8, 4) is 0 Å². The van der Waals surface area contributed by atoms with Crippen LogP contribution in [0.15, 0.2) is 42.5 Å². The van der Waals surface area contributed by atoms with Crippen molar-refractivity contribution in [3.63, 3.8) is 0 Å². The third kappa shape index (κ3) is 6.53. The molecular weight excluding hydrogens is 460 g/mol. The molecule has 0 spiro atoms. The molecule has 1 N–H and O–H groups in total. The Labute approximate surface area is 199 Å². The molecule has 0 saturated carbocycles. The summed E-state index contributed by atoms with van der Waals surface area (Å²) >= 11 is 0. The standard InChI is InChI=1S/C23H30N4O6S/c1-6-20(23(29)24-4)25(14-18-9-7-8-16(2)12-18)22(28)15-26(34(5,32)33)21-13-19(27(30)31)11-10-17(21)3/h7-13,20H,6,14-15H2,1-5H3,(H,24,29). The number of amides is 2. The molecule has 0 aromatic heterocycles. The van der Waals surface area contributed by atoms with Crippen LogP contribution in [0.5, 0.6) is 0 Å². The van der Waals surface area contributed by atoms with Gasteiger partial charge in [-0.2, -0.15) is 0 Å². The minimum Gasteiger partial charge on any atom is -0.357 e. The Balaban J connectivity index is 2.52. The van der Waals surface area contributed by atoms with E-state index in [0.29, 0.717) is 12.0 Å². The van der Waals surface area contributed by atoms with Gasteiger partial charge < -0.3 is 10.2 Å². The number of likely N-dealkylation sites (N-methyl/N-ethyl adjacent to an activating group) is 1. The Morgan fingerprint density at radius 1 is 1.15 bits per heavy atom. The van der Waals surface area contributed by atoms with Crippen LogP contribution in [-0.2, 0) is 26.2 Å². The fraction of sp³-hybridized carbons (Fsp3) is 0.391. The maximum Gasteiger partial charge on any atom is 0.271 e. The van der Waals surface area contributed by atoms with Gasteiger partial charge in [-0.25, -0.2) is 8.42 Å². The highest BCUT2D eigenvalue weighted by Crippen LogP contribution is 2.28. The van der Waals surface area contributed by atoms with Gasteiger partial charge in [-0.3, -0.25) is 24.0 Å². The molecule has 34 heavy (non-hydrogen) atoms. The van der Waals surface area contributed by atoms with E-state index in [1.165, 1.54) is 24.1 Å². The summed E-state index contributed by atoms with van der Waals surface area (Å²) in [6, 6.07) is 10.4. The number of hydrogen-bond donors (Lipinski definition) is 1. The lowest BCUT2D eigenvalue weighted by Crippen LogP contribution is -2.51. The number of nitro benzene ring substituents is 1. The average molecular weight is 491 g/mol. The number of nitrogens with zero attached hydrogens (tertiary/aromatic N) is 3. The topological polar surface area (TPSA) is 130 Å². The van der Waals surface area contributed by atoms with Crippen LogP contribution in [0.4, 0.5) is 11.4 Å². The zero-order valence-electron chi connectivity index (χ0n) is 19.9. The molecule has 2 aromatic rings. The van der Waals surface area contributed by atoms with Crippen LogP contribution in [0.25, 0.3) is 0 Å². The number of benzene rings is 2. The smallest absolute Gasteiger partial charge is 0.271 e. The number of aryl methyl sites for hydroxylation is 2. The second kappa shape index (κ2) is 11.1. The predicted octanol–water partition coefficient (Wildman–Crippen LogP) is 2.53. The van der Waals surface area contributed by atoms with Gasteiger partial charge in [0.2, 0.25) is 21.8 Å². The normalized spacial score (nSPS) is 12.0. The number of rotatable bonds is 10. The van der Waals surface area contributed by atoms with Crippen molar-refractivity contribution in [1.29, 1.82) is 0 Å². The van der Waals surface area contributed by atoms with E-state index in [1.54, 1.807) is 13.8 Å². The number of nitro groups is 1. The maximum atomic E-state index is 13.5. The van der Waals surface area contributed by atoms with Crippen LogP contribution in [0, 0.1) is 24.0 Å². The molecule has 0 aliphatic rings. The monoisotopic (exact) mass is 490 g/mol. The molecule has 0 radical (unpaired) electrons. The first-order chi connectivity index (χ1) is 15.9. The van der Waals surface area contributed by atoms with E-state index < -0.39 is 33.4 Å². The molecule has 1 unspecified atom stereocenters. The number of nitrogens with one attached hydrogen (secondary N) is 1. The van der Waals surface area contributed by atoms with Crippen molar-refractivity contribution in [2.24, 2.45) is 0 Å². The summed E-state index contributed by atoms with van der Waals surface area (Å²) in [6.07, 6.45) is 1.24. The number of carbonyl (C=O) groups excluding carboxylic acids is 2. The summed E-state index contributed by atoms with van der Waals surface area (Å²) in [5, 5.41) is 13.8. The van der Waals surface area contributed by atoms with Crippen molar-refractivity contribution in [2.75, 3.05) is 24.2 Å². The molecule has 0 saturated heterocycles. The van der Waals surface area contributed by atoms with Gasteiger partial charge in [0.1, 0.15) is 12.6 Å². The number of anilines is 1. The fourth-order valence-electron chi connectivity index (χ4n) is 3.67. The fourth-order valence-corrected chi connectivity index (χ4v) is 4.57.